The molecule has 0 atom stereocenters. The standard InChI is InChI=1S/C25H26F4N4O3S/c1-14-11-20-17(12-18(14)26)21(23(30)34)22(33(20)15-5-3-2-4-6-15)19-8-7-16(13-31-19)37(35,36)32-24(9-10-24)25(27,28)29/h7-8,11-13,15,32H,2-6,9-10H2,1H3,(H2,30,34). The van der Waals surface area contributed by atoms with Crippen molar-refractivity contribution in [3.63, 3.8) is 0 Å². The minimum atomic E-state index is -4.71. The number of hydrogen-bond acceptors (Lipinski definition) is 4. The molecule has 7 nitrogen and oxygen atoms in total. The minimum Gasteiger partial charge on any atom is -0.366 e. The Morgan fingerprint density at radius 3 is 2.38 bits per heavy atom. The highest BCUT2D eigenvalue weighted by molar-refractivity contribution is 7.89. The number of aromatic nitrogens is 2. The first kappa shape index (κ1) is 25.7. The van der Waals surface area contributed by atoms with Crippen molar-refractivity contribution in [3.8, 4) is 11.4 Å². The molecule has 0 radical (unpaired) electrons. The van der Waals surface area contributed by atoms with Crippen molar-refractivity contribution >= 4 is 26.8 Å². The Morgan fingerprint density at radius 1 is 1.16 bits per heavy atom. The summed E-state index contributed by atoms with van der Waals surface area (Å²) in [5.74, 6) is -1.29. The van der Waals surface area contributed by atoms with E-state index in [2.05, 4.69) is 4.98 Å². The molecule has 0 unspecified atom stereocenters. The third-order valence-corrected chi connectivity index (χ3v) is 8.90. The molecule has 37 heavy (non-hydrogen) atoms. The average molecular weight is 539 g/mol. The highest BCUT2D eigenvalue weighted by Gasteiger charge is 2.65. The molecular formula is C25H26F4N4O3S. The van der Waals surface area contributed by atoms with Gasteiger partial charge in [-0.1, -0.05) is 19.3 Å². The first-order valence-corrected chi connectivity index (χ1v) is 13.5. The zero-order valence-corrected chi connectivity index (χ0v) is 20.8. The molecule has 0 saturated heterocycles. The lowest BCUT2D eigenvalue weighted by Gasteiger charge is -2.26. The predicted molar refractivity (Wildman–Crippen MR) is 129 cm³/mol. The fourth-order valence-electron chi connectivity index (χ4n) is 5.22. The lowest BCUT2D eigenvalue weighted by atomic mass is 9.94. The van der Waals surface area contributed by atoms with Crippen molar-refractivity contribution in [2.24, 2.45) is 5.73 Å². The van der Waals surface area contributed by atoms with Gasteiger partial charge in [0.1, 0.15) is 16.3 Å². The maximum Gasteiger partial charge on any atom is 0.407 e. The quantitative estimate of drug-likeness (QED) is 0.425. The third kappa shape index (κ3) is 4.39. The molecular weight excluding hydrogens is 512 g/mol. The van der Waals surface area contributed by atoms with E-state index in [1.54, 1.807) is 17.7 Å². The lowest BCUT2D eigenvalue weighted by Crippen LogP contribution is -2.47. The van der Waals surface area contributed by atoms with Gasteiger partial charge in [-0.05, 0) is 62.4 Å². The number of amides is 1. The second-order valence-corrected chi connectivity index (χ2v) is 11.6. The number of primary amides is 1. The molecule has 12 heteroatoms. The van der Waals surface area contributed by atoms with Crippen LogP contribution in [0.1, 0.15) is 66.9 Å². The number of sulfonamides is 1. The van der Waals surface area contributed by atoms with E-state index in [0.717, 1.165) is 44.4 Å². The topological polar surface area (TPSA) is 107 Å². The summed E-state index contributed by atoms with van der Waals surface area (Å²) < 4.78 is 83.6. The van der Waals surface area contributed by atoms with Gasteiger partial charge in [0.25, 0.3) is 5.91 Å². The second-order valence-electron chi connectivity index (χ2n) is 9.93. The maximum absolute atomic E-state index is 14.6. The van der Waals surface area contributed by atoms with Crippen molar-refractivity contribution < 1.29 is 30.8 Å². The smallest absolute Gasteiger partial charge is 0.366 e. The number of alkyl halides is 3. The molecule has 0 bridgehead atoms. The number of hydrogen-bond donors (Lipinski definition) is 2. The molecule has 3 N–H and O–H groups in total. The van der Waals surface area contributed by atoms with Crippen LogP contribution in [0.5, 0.6) is 0 Å². The predicted octanol–water partition coefficient (Wildman–Crippen LogP) is 5.13. The summed E-state index contributed by atoms with van der Waals surface area (Å²) in [6, 6.07) is 5.39. The Kier molecular flexibility index (Phi) is 6.10. The van der Waals surface area contributed by atoms with Gasteiger partial charge in [0.05, 0.1) is 22.5 Å². The van der Waals surface area contributed by atoms with E-state index in [0.29, 0.717) is 22.2 Å². The number of carbonyl (C=O) groups excluding carboxylic acids is 1. The summed E-state index contributed by atoms with van der Waals surface area (Å²) in [4.78, 5) is 16.4. The van der Waals surface area contributed by atoms with Crippen LogP contribution in [0.15, 0.2) is 35.4 Å². The molecule has 2 saturated carbocycles. The van der Waals surface area contributed by atoms with Gasteiger partial charge in [-0.15, -0.1) is 0 Å². The average Bonchev–Trinajstić information content (AvgIpc) is 3.55. The Hall–Kier alpha value is -2.99. The highest BCUT2D eigenvalue weighted by Crippen LogP contribution is 2.50. The van der Waals surface area contributed by atoms with E-state index in [9.17, 15) is 30.8 Å². The van der Waals surface area contributed by atoms with Gasteiger partial charge < -0.3 is 10.3 Å². The van der Waals surface area contributed by atoms with Crippen LogP contribution in [0.3, 0.4) is 0 Å². The molecule has 5 rings (SSSR count). The van der Waals surface area contributed by atoms with Gasteiger partial charge in [0.2, 0.25) is 10.0 Å². The monoisotopic (exact) mass is 538 g/mol. The third-order valence-electron chi connectivity index (χ3n) is 7.38. The summed E-state index contributed by atoms with van der Waals surface area (Å²) in [6.07, 6.45) is 0.227. The van der Waals surface area contributed by atoms with Crippen molar-refractivity contribution in [3.05, 3.63) is 47.4 Å². The molecule has 3 aromatic rings. The maximum atomic E-state index is 14.6. The van der Waals surface area contributed by atoms with Gasteiger partial charge in [-0.25, -0.2) is 12.8 Å². The second kappa shape index (κ2) is 8.80. The van der Waals surface area contributed by atoms with Gasteiger partial charge >= 0.3 is 6.18 Å². The van der Waals surface area contributed by atoms with Crippen LogP contribution in [-0.2, 0) is 10.0 Å². The molecule has 2 aliphatic carbocycles. The van der Waals surface area contributed by atoms with E-state index in [4.69, 9.17) is 5.73 Å². The summed E-state index contributed by atoms with van der Waals surface area (Å²) in [7, 11) is -4.51. The Labute approximate surface area is 211 Å². The number of fused-ring (bicyclic) bond motifs is 1. The number of rotatable bonds is 6. The molecule has 1 aromatic carbocycles. The van der Waals surface area contributed by atoms with Crippen LogP contribution in [-0.4, -0.2) is 35.6 Å². The fourth-order valence-corrected chi connectivity index (χ4v) is 6.61. The molecule has 2 aliphatic rings. The Bertz CT molecular complexity index is 1490. The SMILES string of the molecule is Cc1cc2c(cc1F)c(C(N)=O)c(-c1ccc(S(=O)(=O)NC3(C(F)(F)F)CC3)cn1)n2C1CCCCC1. The molecule has 2 fully saturated rings. The number of nitrogens with two attached hydrogens (primary N) is 1. The lowest BCUT2D eigenvalue weighted by molar-refractivity contribution is -0.160. The Morgan fingerprint density at radius 2 is 1.84 bits per heavy atom. The number of benzene rings is 1. The number of pyridine rings is 1. The number of carbonyl (C=O) groups is 1. The van der Waals surface area contributed by atoms with E-state index in [-0.39, 0.29) is 30.1 Å². The highest BCUT2D eigenvalue weighted by atomic mass is 32.2. The zero-order chi connectivity index (χ0) is 26.8. The van der Waals surface area contributed by atoms with Crippen LogP contribution in [0.25, 0.3) is 22.3 Å². The van der Waals surface area contributed by atoms with Crippen molar-refractivity contribution in [2.45, 2.75) is 74.5 Å². The summed E-state index contributed by atoms with van der Waals surface area (Å²) in [5.41, 5.74) is 4.92. The van der Waals surface area contributed by atoms with Crippen LogP contribution in [0, 0.1) is 12.7 Å². The van der Waals surface area contributed by atoms with Crippen LogP contribution in [0.2, 0.25) is 0 Å². The summed E-state index contributed by atoms with van der Waals surface area (Å²) >= 11 is 0. The molecule has 2 aromatic heterocycles. The number of nitrogens with zero attached hydrogens (tertiary/aromatic N) is 2. The fraction of sp³-hybridized carbons (Fsp3) is 0.440. The van der Waals surface area contributed by atoms with Crippen molar-refractivity contribution in [1.82, 2.24) is 14.3 Å². The van der Waals surface area contributed by atoms with E-state index >= 15 is 0 Å². The van der Waals surface area contributed by atoms with Gasteiger partial charge in [0.15, 0.2) is 0 Å². The largest absolute Gasteiger partial charge is 0.407 e. The molecule has 2 heterocycles. The van der Waals surface area contributed by atoms with Crippen molar-refractivity contribution in [2.75, 3.05) is 0 Å². The summed E-state index contributed by atoms with van der Waals surface area (Å²) in [5, 5.41) is 0.331. The number of aryl methyl sites for hydroxylation is 1. The van der Waals surface area contributed by atoms with Crippen molar-refractivity contribution in [1.29, 1.82) is 0 Å². The first-order valence-electron chi connectivity index (χ1n) is 12.1. The zero-order valence-electron chi connectivity index (χ0n) is 20.0. The Balaban J connectivity index is 1.64. The van der Waals surface area contributed by atoms with Crippen LogP contribution in [0.4, 0.5) is 17.6 Å². The first-order chi connectivity index (χ1) is 17.3. The van der Waals surface area contributed by atoms with Crippen LogP contribution < -0.4 is 10.5 Å². The molecule has 1 amide bonds. The number of halogens is 4. The van der Waals surface area contributed by atoms with Crippen LogP contribution >= 0.6 is 0 Å². The minimum absolute atomic E-state index is 0.0161. The van der Waals surface area contributed by atoms with Gasteiger partial charge in [-0.2, -0.15) is 17.9 Å². The number of nitrogens with one attached hydrogen (secondary N) is 1. The molecule has 0 spiro atoms. The molecule has 198 valence electrons. The van der Waals surface area contributed by atoms with E-state index in [1.807, 2.05) is 4.57 Å². The molecule has 0 aliphatic heterocycles. The summed E-state index contributed by atoms with van der Waals surface area (Å²) in [6.45, 7) is 1.62. The van der Waals surface area contributed by atoms with Gasteiger partial charge in [0, 0.05) is 17.6 Å². The van der Waals surface area contributed by atoms with Gasteiger partial charge in [-0.3, -0.25) is 9.78 Å². The van der Waals surface area contributed by atoms with E-state index in [1.165, 1.54) is 12.1 Å². The van der Waals surface area contributed by atoms with E-state index < -0.39 is 38.4 Å². The normalized spacial score (nSPS) is 18.3.